The molecule has 0 aliphatic rings. The van der Waals surface area contributed by atoms with Crippen LogP contribution in [0.5, 0.6) is 5.75 Å². The molecule has 0 atom stereocenters. The number of benzene rings is 1. The Morgan fingerprint density at radius 3 is 2.47 bits per heavy atom. The van der Waals surface area contributed by atoms with Gasteiger partial charge in [-0.3, -0.25) is 4.79 Å². The van der Waals surface area contributed by atoms with Crippen LogP contribution in [0.25, 0.3) is 0 Å². The molecule has 0 saturated carbocycles. The first-order valence-electron chi connectivity index (χ1n) is 5.51. The lowest BCUT2D eigenvalue weighted by Crippen LogP contribution is -2.53. The molecular formula is C12H15Cl2NO4. The summed E-state index contributed by atoms with van der Waals surface area (Å²) in [4.78, 5) is 11.6. The van der Waals surface area contributed by atoms with Crippen molar-refractivity contribution >= 4 is 29.1 Å². The molecule has 3 N–H and O–H groups in total. The van der Waals surface area contributed by atoms with Crippen LogP contribution in [0.4, 0.5) is 0 Å². The van der Waals surface area contributed by atoms with Crippen LogP contribution in [-0.4, -0.2) is 41.5 Å². The molecule has 0 aliphatic carbocycles. The summed E-state index contributed by atoms with van der Waals surface area (Å²) in [5.41, 5.74) is -1.07. The summed E-state index contributed by atoms with van der Waals surface area (Å²) in [6, 6.07) is 4.63. The van der Waals surface area contributed by atoms with Crippen molar-refractivity contribution in [1.29, 1.82) is 0 Å². The second-order valence-corrected chi connectivity index (χ2v) is 5.10. The molecule has 0 aromatic heterocycles. The fourth-order valence-electron chi connectivity index (χ4n) is 1.22. The van der Waals surface area contributed by atoms with Gasteiger partial charge in [-0.05, 0) is 19.1 Å². The number of carbonyl (C=O) groups excluding carboxylic acids is 1. The summed E-state index contributed by atoms with van der Waals surface area (Å²) >= 11 is 11.5. The van der Waals surface area contributed by atoms with Crippen molar-refractivity contribution in [1.82, 2.24) is 5.32 Å². The molecule has 0 spiro atoms. The van der Waals surface area contributed by atoms with Crippen molar-refractivity contribution in [2.45, 2.75) is 12.5 Å². The maximum absolute atomic E-state index is 11.6. The molecule has 0 unspecified atom stereocenters. The van der Waals surface area contributed by atoms with Gasteiger partial charge in [0.2, 0.25) is 0 Å². The van der Waals surface area contributed by atoms with Crippen molar-refractivity contribution < 1.29 is 19.7 Å². The molecule has 1 rings (SSSR count). The lowest BCUT2D eigenvalue weighted by Gasteiger charge is -2.26. The Morgan fingerprint density at radius 2 is 1.95 bits per heavy atom. The summed E-state index contributed by atoms with van der Waals surface area (Å²) in [5.74, 6) is -0.0593. The fourth-order valence-corrected chi connectivity index (χ4v) is 1.51. The van der Waals surface area contributed by atoms with Crippen molar-refractivity contribution in [3.8, 4) is 5.75 Å². The van der Waals surface area contributed by atoms with E-state index in [-0.39, 0.29) is 19.8 Å². The molecule has 1 amide bonds. The maximum Gasteiger partial charge on any atom is 0.258 e. The Kier molecular flexibility index (Phi) is 5.87. The zero-order valence-corrected chi connectivity index (χ0v) is 11.8. The smallest absolute Gasteiger partial charge is 0.258 e. The minimum atomic E-state index is -1.07. The number of aliphatic hydroxyl groups is 2. The number of aliphatic hydroxyl groups excluding tert-OH is 2. The fraction of sp³-hybridized carbons (Fsp3) is 0.417. The molecule has 19 heavy (non-hydrogen) atoms. The van der Waals surface area contributed by atoms with E-state index in [0.717, 1.165) is 0 Å². The molecular weight excluding hydrogens is 293 g/mol. The van der Waals surface area contributed by atoms with E-state index < -0.39 is 11.4 Å². The topological polar surface area (TPSA) is 78.8 Å². The van der Waals surface area contributed by atoms with E-state index >= 15 is 0 Å². The van der Waals surface area contributed by atoms with Crippen LogP contribution in [0.1, 0.15) is 6.92 Å². The molecule has 7 heteroatoms. The zero-order valence-electron chi connectivity index (χ0n) is 10.3. The Balaban J connectivity index is 2.52. The standard InChI is InChI=1S/C12H15Cl2NO4/c1-12(6-16,7-17)15-11(18)5-19-8-2-3-9(13)10(14)4-8/h2-4,16-17H,5-7H2,1H3,(H,15,18). The normalized spacial score (nSPS) is 11.2. The summed E-state index contributed by atoms with van der Waals surface area (Å²) in [5, 5.41) is 21.3. The minimum Gasteiger partial charge on any atom is -0.484 e. The average molecular weight is 308 g/mol. The van der Waals surface area contributed by atoms with Gasteiger partial charge in [0, 0.05) is 6.07 Å². The number of halogens is 2. The molecule has 0 aliphatic heterocycles. The van der Waals surface area contributed by atoms with Crippen molar-refractivity contribution in [2.24, 2.45) is 0 Å². The van der Waals surface area contributed by atoms with Gasteiger partial charge in [0.25, 0.3) is 5.91 Å². The predicted octanol–water partition coefficient (Wildman–Crippen LogP) is 1.23. The summed E-state index contributed by atoms with van der Waals surface area (Å²) in [6.07, 6.45) is 0. The van der Waals surface area contributed by atoms with Gasteiger partial charge in [-0.15, -0.1) is 0 Å². The molecule has 0 bridgehead atoms. The molecule has 0 saturated heterocycles. The Bertz CT molecular complexity index is 449. The molecule has 5 nitrogen and oxygen atoms in total. The number of amides is 1. The highest BCUT2D eigenvalue weighted by Gasteiger charge is 2.24. The molecule has 0 fully saturated rings. The van der Waals surface area contributed by atoms with E-state index in [1.54, 1.807) is 12.1 Å². The summed E-state index contributed by atoms with van der Waals surface area (Å²) < 4.78 is 5.22. The number of carbonyl (C=O) groups is 1. The number of hydrogen-bond donors (Lipinski definition) is 3. The third-order valence-electron chi connectivity index (χ3n) is 2.40. The average Bonchev–Trinajstić information content (AvgIpc) is 2.40. The van der Waals surface area contributed by atoms with Gasteiger partial charge in [0.1, 0.15) is 5.75 Å². The second-order valence-electron chi connectivity index (χ2n) is 4.29. The first-order chi connectivity index (χ1) is 8.90. The van der Waals surface area contributed by atoms with Crippen molar-refractivity contribution in [3.63, 3.8) is 0 Å². The minimum absolute atomic E-state index is 0.256. The second kappa shape index (κ2) is 6.96. The van der Waals surface area contributed by atoms with Crippen LogP contribution in [0, 0.1) is 0 Å². The lowest BCUT2D eigenvalue weighted by molar-refractivity contribution is -0.126. The highest BCUT2D eigenvalue weighted by Crippen LogP contribution is 2.26. The van der Waals surface area contributed by atoms with Crippen LogP contribution in [-0.2, 0) is 4.79 Å². The predicted molar refractivity (Wildman–Crippen MR) is 72.7 cm³/mol. The highest BCUT2D eigenvalue weighted by atomic mass is 35.5. The lowest BCUT2D eigenvalue weighted by atomic mass is 10.1. The van der Waals surface area contributed by atoms with Crippen molar-refractivity contribution in [3.05, 3.63) is 28.2 Å². The molecule has 1 aromatic carbocycles. The van der Waals surface area contributed by atoms with Crippen LogP contribution in [0.3, 0.4) is 0 Å². The van der Waals surface area contributed by atoms with Crippen LogP contribution >= 0.6 is 23.2 Å². The van der Waals surface area contributed by atoms with Crippen LogP contribution in [0.2, 0.25) is 10.0 Å². The monoisotopic (exact) mass is 307 g/mol. The van der Waals surface area contributed by atoms with Gasteiger partial charge >= 0.3 is 0 Å². The highest BCUT2D eigenvalue weighted by molar-refractivity contribution is 6.42. The number of nitrogens with one attached hydrogen (secondary N) is 1. The Hall–Kier alpha value is -1.01. The largest absolute Gasteiger partial charge is 0.484 e. The van der Waals surface area contributed by atoms with Gasteiger partial charge < -0.3 is 20.3 Å². The van der Waals surface area contributed by atoms with E-state index in [1.807, 2.05) is 0 Å². The van der Waals surface area contributed by atoms with E-state index in [0.29, 0.717) is 15.8 Å². The van der Waals surface area contributed by atoms with Gasteiger partial charge in [-0.1, -0.05) is 23.2 Å². The molecule has 106 valence electrons. The number of hydrogen-bond acceptors (Lipinski definition) is 4. The van der Waals surface area contributed by atoms with Gasteiger partial charge in [-0.2, -0.15) is 0 Å². The van der Waals surface area contributed by atoms with E-state index in [1.165, 1.54) is 13.0 Å². The first-order valence-corrected chi connectivity index (χ1v) is 6.26. The number of ether oxygens (including phenoxy) is 1. The molecule has 0 radical (unpaired) electrons. The molecule has 1 aromatic rings. The van der Waals surface area contributed by atoms with E-state index in [4.69, 9.17) is 38.2 Å². The van der Waals surface area contributed by atoms with E-state index in [2.05, 4.69) is 5.32 Å². The van der Waals surface area contributed by atoms with Crippen LogP contribution in [0.15, 0.2) is 18.2 Å². The third kappa shape index (κ3) is 4.87. The molecule has 0 heterocycles. The van der Waals surface area contributed by atoms with Gasteiger partial charge in [-0.25, -0.2) is 0 Å². The quantitative estimate of drug-likeness (QED) is 0.738. The van der Waals surface area contributed by atoms with Gasteiger partial charge in [0.15, 0.2) is 6.61 Å². The zero-order chi connectivity index (χ0) is 14.5. The van der Waals surface area contributed by atoms with E-state index in [9.17, 15) is 4.79 Å². The number of rotatable bonds is 6. The Labute approximate surface area is 121 Å². The Morgan fingerprint density at radius 1 is 1.32 bits per heavy atom. The first kappa shape index (κ1) is 16.0. The summed E-state index contributed by atoms with van der Waals surface area (Å²) in [7, 11) is 0. The maximum atomic E-state index is 11.6. The van der Waals surface area contributed by atoms with Crippen molar-refractivity contribution in [2.75, 3.05) is 19.8 Å². The summed E-state index contributed by atoms with van der Waals surface area (Å²) in [6.45, 7) is 0.516. The SMILES string of the molecule is CC(CO)(CO)NC(=O)COc1ccc(Cl)c(Cl)c1. The van der Waals surface area contributed by atoms with Crippen LogP contribution < -0.4 is 10.1 Å². The third-order valence-corrected chi connectivity index (χ3v) is 3.14. The van der Waals surface area contributed by atoms with Gasteiger partial charge in [0.05, 0.1) is 28.8 Å².